The summed E-state index contributed by atoms with van der Waals surface area (Å²) in [6.07, 6.45) is 2.49. The molecule has 4 aromatic rings. The molecule has 7 nitrogen and oxygen atoms in total. The lowest BCUT2D eigenvalue weighted by molar-refractivity contribution is -0.120. The second kappa shape index (κ2) is 7.74. The minimum Gasteiger partial charge on any atom is -0.508 e. The average Bonchev–Trinajstić information content (AvgIpc) is 3.38. The molecule has 3 aromatic carbocycles. The van der Waals surface area contributed by atoms with Crippen LogP contribution in [0.3, 0.4) is 0 Å². The molecular weight excluding hydrogens is 428 g/mol. The first-order chi connectivity index (χ1) is 16.5. The number of fused-ring (bicyclic) bond motifs is 1. The van der Waals surface area contributed by atoms with Crippen molar-refractivity contribution in [3.05, 3.63) is 76.2 Å². The summed E-state index contributed by atoms with van der Waals surface area (Å²) < 4.78 is 3.39. The van der Waals surface area contributed by atoms with Gasteiger partial charge in [-0.2, -0.15) is 0 Å². The zero-order valence-corrected chi connectivity index (χ0v) is 19.1. The number of aromatic nitrogens is 2. The molecule has 7 heteroatoms. The quantitative estimate of drug-likeness (QED) is 0.490. The first kappa shape index (κ1) is 21.0. The van der Waals surface area contributed by atoms with E-state index in [1.54, 1.807) is 13.0 Å². The van der Waals surface area contributed by atoms with Gasteiger partial charge < -0.3 is 10.8 Å². The van der Waals surface area contributed by atoms with E-state index in [-0.39, 0.29) is 17.8 Å². The number of aromatic hydroxyl groups is 1. The summed E-state index contributed by atoms with van der Waals surface area (Å²) in [4.78, 5) is 27.8. The molecule has 1 saturated heterocycles. The smallest absolute Gasteiger partial charge is 0.330 e. The van der Waals surface area contributed by atoms with Crippen molar-refractivity contribution in [1.82, 2.24) is 14.0 Å². The van der Waals surface area contributed by atoms with Crippen LogP contribution in [0.1, 0.15) is 49.0 Å². The van der Waals surface area contributed by atoms with Gasteiger partial charge in [-0.05, 0) is 60.7 Å². The van der Waals surface area contributed by atoms with Gasteiger partial charge in [-0.1, -0.05) is 36.4 Å². The molecular formula is C27H28N4O3. The maximum atomic E-state index is 13.5. The molecule has 0 spiro atoms. The number of carbonyl (C=O) groups excluding carboxylic acids is 1. The molecule has 2 aliphatic rings. The van der Waals surface area contributed by atoms with E-state index in [4.69, 9.17) is 5.73 Å². The van der Waals surface area contributed by atoms with Crippen molar-refractivity contribution in [2.24, 2.45) is 5.73 Å². The highest BCUT2D eigenvalue weighted by Crippen LogP contribution is 2.45. The van der Waals surface area contributed by atoms with Crippen molar-refractivity contribution in [3.63, 3.8) is 0 Å². The summed E-state index contributed by atoms with van der Waals surface area (Å²) in [5.41, 5.74) is 9.30. The third kappa shape index (κ3) is 3.00. The van der Waals surface area contributed by atoms with Gasteiger partial charge in [0.1, 0.15) is 11.8 Å². The van der Waals surface area contributed by atoms with Crippen LogP contribution in [0.2, 0.25) is 0 Å². The first-order valence-electron chi connectivity index (χ1n) is 11.9. The highest BCUT2D eigenvalue weighted by Gasteiger charge is 2.34. The number of phenols is 1. The maximum absolute atomic E-state index is 13.5. The summed E-state index contributed by atoms with van der Waals surface area (Å²) in [5.74, 6) is -0.140. The number of nitrogens with two attached hydrogens (primary N) is 1. The van der Waals surface area contributed by atoms with E-state index in [0.29, 0.717) is 5.75 Å². The van der Waals surface area contributed by atoms with Gasteiger partial charge in [0.05, 0.1) is 11.0 Å². The van der Waals surface area contributed by atoms with E-state index in [1.807, 2.05) is 34.9 Å². The molecule has 0 saturated carbocycles. The van der Waals surface area contributed by atoms with Crippen molar-refractivity contribution in [3.8, 4) is 5.75 Å². The van der Waals surface area contributed by atoms with Crippen molar-refractivity contribution >= 4 is 27.7 Å². The fraction of sp³-hybridized carbons (Fsp3) is 0.333. The fourth-order valence-corrected chi connectivity index (χ4v) is 6.09. The number of rotatable bonds is 4. The fourth-order valence-electron chi connectivity index (χ4n) is 6.09. The summed E-state index contributed by atoms with van der Waals surface area (Å²) in [6, 6.07) is 17.4. The van der Waals surface area contributed by atoms with Crippen LogP contribution in [0.4, 0.5) is 0 Å². The number of benzene rings is 3. The number of primary amides is 1. The topological polar surface area (TPSA) is 93.5 Å². The molecule has 1 fully saturated rings. The number of para-hydroxylation sites is 2. The van der Waals surface area contributed by atoms with Gasteiger partial charge in [-0.15, -0.1) is 0 Å². The van der Waals surface area contributed by atoms with Crippen LogP contribution in [-0.4, -0.2) is 38.1 Å². The second-order valence-electron chi connectivity index (χ2n) is 9.59. The lowest BCUT2D eigenvalue weighted by Gasteiger charge is -2.36. The molecule has 2 atom stereocenters. The van der Waals surface area contributed by atoms with E-state index < -0.39 is 11.9 Å². The number of hydrogen-bond acceptors (Lipinski definition) is 4. The normalized spacial score (nSPS) is 19.7. The minimum absolute atomic E-state index is 0.0583. The Bertz CT molecular complexity index is 1490. The Balaban J connectivity index is 1.30. The highest BCUT2D eigenvalue weighted by molar-refractivity contribution is 5.93. The molecule has 1 aliphatic carbocycles. The van der Waals surface area contributed by atoms with E-state index in [0.717, 1.165) is 48.9 Å². The lowest BCUT2D eigenvalue weighted by Crippen LogP contribution is -2.40. The molecule has 1 aromatic heterocycles. The molecule has 0 bridgehead atoms. The Labute approximate surface area is 197 Å². The van der Waals surface area contributed by atoms with Gasteiger partial charge in [0.25, 0.3) is 0 Å². The predicted octanol–water partition coefficient (Wildman–Crippen LogP) is 3.64. The third-order valence-electron chi connectivity index (χ3n) is 7.83. The number of carbonyl (C=O) groups is 1. The Hall–Kier alpha value is -3.58. The Morgan fingerprint density at radius 3 is 2.50 bits per heavy atom. The van der Waals surface area contributed by atoms with E-state index in [9.17, 15) is 14.7 Å². The number of phenolic OH excluding ortho intramolecular Hbond substituents is 1. The van der Waals surface area contributed by atoms with Gasteiger partial charge in [0, 0.05) is 30.7 Å². The SMILES string of the molecule is CC(C(N)=O)n1c(=O)n(C2CCN(C3Cc4c(O)ccc5cccc3c45)CC2)c2ccccc21. The highest BCUT2D eigenvalue weighted by atomic mass is 16.3. The van der Waals surface area contributed by atoms with Crippen LogP contribution in [0.15, 0.2) is 59.4 Å². The zero-order chi connectivity index (χ0) is 23.6. The molecule has 0 radical (unpaired) electrons. The van der Waals surface area contributed by atoms with Crippen molar-refractivity contribution in [2.75, 3.05) is 13.1 Å². The van der Waals surface area contributed by atoms with E-state index in [2.05, 4.69) is 23.1 Å². The number of amides is 1. The molecule has 34 heavy (non-hydrogen) atoms. The Morgan fingerprint density at radius 1 is 1.03 bits per heavy atom. The van der Waals surface area contributed by atoms with Gasteiger partial charge in [-0.3, -0.25) is 18.8 Å². The van der Waals surface area contributed by atoms with E-state index in [1.165, 1.54) is 20.9 Å². The lowest BCUT2D eigenvalue weighted by atomic mass is 9.99. The van der Waals surface area contributed by atoms with Crippen LogP contribution in [0.5, 0.6) is 5.75 Å². The number of likely N-dealkylation sites (tertiary alicyclic amines) is 1. The average molecular weight is 457 g/mol. The maximum Gasteiger partial charge on any atom is 0.330 e. The van der Waals surface area contributed by atoms with Crippen molar-refractivity contribution < 1.29 is 9.90 Å². The number of nitrogens with zero attached hydrogens (tertiary/aromatic N) is 3. The minimum atomic E-state index is -0.705. The van der Waals surface area contributed by atoms with Crippen LogP contribution in [-0.2, 0) is 11.2 Å². The number of hydrogen-bond donors (Lipinski definition) is 2. The third-order valence-corrected chi connectivity index (χ3v) is 7.83. The summed E-state index contributed by atoms with van der Waals surface area (Å²) in [7, 11) is 0. The molecule has 1 aliphatic heterocycles. The summed E-state index contributed by atoms with van der Waals surface area (Å²) in [6.45, 7) is 3.40. The first-order valence-corrected chi connectivity index (χ1v) is 11.9. The Kier molecular flexibility index (Phi) is 4.78. The van der Waals surface area contributed by atoms with Gasteiger partial charge in [0.15, 0.2) is 0 Å². The number of piperidine rings is 1. The molecule has 2 unspecified atom stereocenters. The monoisotopic (exact) mass is 456 g/mol. The predicted molar refractivity (Wildman–Crippen MR) is 132 cm³/mol. The largest absolute Gasteiger partial charge is 0.508 e. The molecule has 174 valence electrons. The van der Waals surface area contributed by atoms with Crippen LogP contribution >= 0.6 is 0 Å². The standard InChI is InChI=1S/C27H28N4O3/c1-16(26(28)33)30-21-7-2-3-8-22(21)31(27(30)34)18-11-13-29(14-12-18)23-15-20-24(32)10-9-17-5-4-6-19(23)25(17)20/h2-10,16,18,23,32H,11-15H2,1H3,(H2,28,33). The van der Waals surface area contributed by atoms with E-state index >= 15 is 0 Å². The number of imidazole rings is 1. The Morgan fingerprint density at radius 2 is 1.76 bits per heavy atom. The van der Waals surface area contributed by atoms with Gasteiger partial charge in [0.2, 0.25) is 5.91 Å². The summed E-state index contributed by atoms with van der Waals surface area (Å²) in [5, 5.41) is 12.8. The van der Waals surface area contributed by atoms with Crippen LogP contribution < -0.4 is 11.4 Å². The molecule has 6 rings (SSSR count). The van der Waals surface area contributed by atoms with Crippen molar-refractivity contribution in [2.45, 2.75) is 44.3 Å². The molecule has 3 N–H and O–H groups in total. The van der Waals surface area contributed by atoms with Crippen molar-refractivity contribution in [1.29, 1.82) is 0 Å². The molecule has 1 amide bonds. The summed E-state index contributed by atoms with van der Waals surface area (Å²) >= 11 is 0. The zero-order valence-electron chi connectivity index (χ0n) is 19.1. The van der Waals surface area contributed by atoms with Gasteiger partial charge in [-0.25, -0.2) is 4.79 Å². The van der Waals surface area contributed by atoms with Gasteiger partial charge >= 0.3 is 5.69 Å². The van der Waals surface area contributed by atoms with Crippen LogP contribution in [0, 0.1) is 0 Å². The molecule has 2 heterocycles. The second-order valence-corrected chi connectivity index (χ2v) is 9.59. The van der Waals surface area contributed by atoms with Crippen LogP contribution in [0.25, 0.3) is 21.8 Å².